The molecule has 0 fully saturated rings. The van der Waals surface area contributed by atoms with E-state index in [2.05, 4.69) is 15.1 Å². The average molecular weight is 677 g/mol. The Bertz CT molecular complexity index is 2040. The van der Waals surface area contributed by atoms with Crippen molar-refractivity contribution >= 4 is 27.0 Å². The van der Waals surface area contributed by atoms with Crippen LogP contribution in [0.15, 0.2) is 70.3 Å². The standard InChI is InChI=1S/C34H37FN6O6S/c1-23-20-28(31-24(2)38-47-33(31)37-23)34(42)40-13-4-5-14-41(48(43,44)27-9-6-8-26(35)22-27)15-7-19-46-30-21-25(10-11-29(30)45-3)32-36-12-16-39(32)17-18-40/h6,8-12,16,20-22H,4-5,7,13-15,17-19H2,1-3H3. The monoisotopic (exact) mass is 676 g/mol. The second-order valence-corrected chi connectivity index (χ2v) is 13.6. The number of hydrogen-bond acceptors (Lipinski definition) is 9. The van der Waals surface area contributed by atoms with E-state index < -0.39 is 15.8 Å². The molecule has 1 aliphatic rings. The fourth-order valence-electron chi connectivity index (χ4n) is 5.92. The Morgan fingerprint density at radius 3 is 2.60 bits per heavy atom. The number of methoxy groups -OCH3 is 1. The van der Waals surface area contributed by atoms with Crippen molar-refractivity contribution in [3.63, 3.8) is 0 Å². The molecule has 1 amide bonds. The van der Waals surface area contributed by atoms with Gasteiger partial charge < -0.3 is 23.5 Å². The van der Waals surface area contributed by atoms with Crippen LogP contribution >= 0.6 is 0 Å². The van der Waals surface area contributed by atoms with Crippen LogP contribution in [-0.2, 0) is 16.6 Å². The minimum absolute atomic E-state index is 0.115. The maximum Gasteiger partial charge on any atom is 0.258 e. The van der Waals surface area contributed by atoms with Gasteiger partial charge in [-0.1, -0.05) is 11.2 Å². The van der Waals surface area contributed by atoms with Crippen LogP contribution in [0.1, 0.15) is 41.0 Å². The first-order valence-electron chi connectivity index (χ1n) is 15.8. The zero-order valence-corrected chi connectivity index (χ0v) is 27.9. The van der Waals surface area contributed by atoms with Crippen molar-refractivity contribution in [3.05, 3.63) is 83.7 Å². The summed E-state index contributed by atoms with van der Waals surface area (Å²) in [7, 11) is -2.46. The molecular weight excluding hydrogens is 639 g/mol. The van der Waals surface area contributed by atoms with E-state index in [0.717, 1.165) is 11.6 Å². The Kier molecular flexibility index (Phi) is 9.73. The first kappa shape index (κ1) is 33.1. The highest BCUT2D eigenvalue weighted by Crippen LogP contribution is 2.32. The van der Waals surface area contributed by atoms with Crippen LogP contribution in [0.3, 0.4) is 0 Å². The average Bonchev–Trinajstić information content (AvgIpc) is 3.70. The van der Waals surface area contributed by atoms with Crippen molar-refractivity contribution in [2.24, 2.45) is 0 Å². The van der Waals surface area contributed by atoms with Crippen molar-refractivity contribution in [2.45, 2.75) is 44.6 Å². The number of carbonyl (C=O) groups is 1. The summed E-state index contributed by atoms with van der Waals surface area (Å²) in [5, 5.41) is 4.60. The molecule has 5 aromatic rings. The molecule has 0 unspecified atom stereocenters. The number of nitrogens with zero attached hydrogens (tertiary/aromatic N) is 6. The number of amides is 1. The van der Waals surface area contributed by atoms with Crippen LogP contribution < -0.4 is 9.47 Å². The molecule has 6 rings (SSSR count). The molecule has 1 aliphatic heterocycles. The molecule has 0 saturated carbocycles. The quantitative estimate of drug-likeness (QED) is 0.250. The predicted molar refractivity (Wildman–Crippen MR) is 176 cm³/mol. The smallest absolute Gasteiger partial charge is 0.258 e. The lowest BCUT2D eigenvalue weighted by molar-refractivity contribution is 0.0747. The molecule has 3 aromatic heterocycles. The molecule has 0 saturated heterocycles. The number of halogens is 1. The molecule has 2 bridgehead atoms. The largest absolute Gasteiger partial charge is 0.493 e. The fourth-order valence-corrected chi connectivity index (χ4v) is 7.47. The van der Waals surface area contributed by atoms with Crippen LogP contribution in [0.4, 0.5) is 4.39 Å². The third-order valence-electron chi connectivity index (χ3n) is 8.34. The van der Waals surface area contributed by atoms with Crippen molar-refractivity contribution < 1.29 is 31.6 Å². The zero-order valence-electron chi connectivity index (χ0n) is 27.1. The first-order chi connectivity index (χ1) is 23.2. The van der Waals surface area contributed by atoms with Gasteiger partial charge in [-0.2, -0.15) is 4.31 Å². The summed E-state index contributed by atoms with van der Waals surface area (Å²) in [4.78, 5) is 24.9. The summed E-state index contributed by atoms with van der Waals surface area (Å²) in [6, 6.07) is 12.3. The number of hydrogen-bond donors (Lipinski definition) is 0. The summed E-state index contributed by atoms with van der Waals surface area (Å²) >= 11 is 0. The highest BCUT2D eigenvalue weighted by molar-refractivity contribution is 7.89. The Morgan fingerprint density at radius 1 is 0.979 bits per heavy atom. The van der Waals surface area contributed by atoms with E-state index >= 15 is 0 Å². The molecule has 252 valence electrons. The maximum absolute atomic E-state index is 14.2. The molecule has 14 heteroatoms. The summed E-state index contributed by atoms with van der Waals surface area (Å²) in [5.74, 6) is 0.879. The number of fused-ring (bicyclic) bond motifs is 5. The number of ether oxygens (including phenoxy) is 2. The number of rotatable bonds is 4. The minimum Gasteiger partial charge on any atom is -0.493 e. The number of aromatic nitrogens is 4. The van der Waals surface area contributed by atoms with E-state index in [0.29, 0.717) is 84.3 Å². The van der Waals surface area contributed by atoms with Crippen LogP contribution in [0.5, 0.6) is 11.5 Å². The third kappa shape index (κ3) is 6.90. The number of imidazole rings is 1. The van der Waals surface area contributed by atoms with E-state index in [-0.39, 0.29) is 30.5 Å². The fraction of sp³-hybridized carbons (Fsp3) is 0.353. The topological polar surface area (TPSA) is 133 Å². The minimum atomic E-state index is -4.01. The molecule has 0 spiro atoms. The highest BCUT2D eigenvalue weighted by atomic mass is 32.2. The van der Waals surface area contributed by atoms with Gasteiger partial charge in [-0.25, -0.2) is 22.8 Å². The Hall–Kier alpha value is -4.82. The van der Waals surface area contributed by atoms with Crippen LogP contribution in [-0.4, -0.2) is 83.1 Å². The molecule has 0 aliphatic carbocycles. The van der Waals surface area contributed by atoms with Gasteiger partial charge in [0.1, 0.15) is 11.6 Å². The summed E-state index contributed by atoms with van der Waals surface area (Å²) in [5.41, 5.74) is 2.73. The second-order valence-electron chi connectivity index (χ2n) is 11.6. The lowest BCUT2D eigenvalue weighted by atomic mass is 10.1. The van der Waals surface area contributed by atoms with Crippen molar-refractivity contribution in [2.75, 3.05) is 39.9 Å². The van der Waals surface area contributed by atoms with Crippen LogP contribution in [0.2, 0.25) is 0 Å². The molecule has 4 heterocycles. The lowest BCUT2D eigenvalue weighted by Crippen LogP contribution is -2.36. The predicted octanol–water partition coefficient (Wildman–Crippen LogP) is 5.25. The Morgan fingerprint density at radius 2 is 1.79 bits per heavy atom. The molecule has 0 radical (unpaired) electrons. The molecule has 0 atom stereocenters. The van der Waals surface area contributed by atoms with Crippen molar-refractivity contribution in [1.29, 1.82) is 0 Å². The molecule has 0 N–H and O–H groups in total. The normalized spacial score (nSPS) is 15.5. The van der Waals surface area contributed by atoms with Gasteiger partial charge in [-0.15, -0.1) is 0 Å². The Balaban J connectivity index is 1.34. The molecule has 2 aromatic carbocycles. The van der Waals surface area contributed by atoms with E-state index in [1.165, 1.54) is 22.5 Å². The lowest BCUT2D eigenvalue weighted by Gasteiger charge is -2.25. The third-order valence-corrected chi connectivity index (χ3v) is 10.2. The zero-order chi connectivity index (χ0) is 33.8. The van der Waals surface area contributed by atoms with Crippen LogP contribution in [0.25, 0.3) is 22.5 Å². The molecular formula is C34H37FN6O6S. The number of benzene rings is 2. The highest BCUT2D eigenvalue weighted by Gasteiger charge is 2.26. The van der Waals surface area contributed by atoms with Gasteiger partial charge >= 0.3 is 0 Å². The Labute approximate surface area is 278 Å². The SMILES string of the molecule is COc1ccc2cc1OCCCN(S(=O)(=O)c1cccc(F)c1)CCCCN(C(=O)c1cc(C)nc3onc(C)c13)CCn1ccnc1-2. The number of pyridine rings is 1. The van der Waals surface area contributed by atoms with Crippen molar-refractivity contribution in [1.82, 2.24) is 28.9 Å². The number of aryl methyl sites for hydroxylation is 2. The van der Waals surface area contributed by atoms with Gasteiger partial charge in [0.2, 0.25) is 10.0 Å². The van der Waals surface area contributed by atoms with Crippen LogP contribution in [0, 0.1) is 19.7 Å². The first-order valence-corrected chi connectivity index (χ1v) is 17.2. The molecule has 48 heavy (non-hydrogen) atoms. The molecule has 12 nitrogen and oxygen atoms in total. The van der Waals surface area contributed by atoms with Gasteiger partial charge in [-0.3, -0.25) is 4.79 Å². The van der Waals surface area contributed by atoms with Crippen molar-refractivity contribution in [3.8, 4) is 22.9 Å². The van der Waals surface area contributed by atoms with Gasteiger partial charge in [0.15, 0.2) is 11.5 Å². The van der Waals surface area contributed by atoms with Gasteiger partial charge in [-0.05, 0) is 75.6 Å². The van der Waals surface area contributed by atoms with Gasteiger partial charge in [0, 0.05) is 56.4 Å². The van der Waals surface area contributed by atoms with Gasteiger partial charge in [0.25, 0.3) is 11.6 Å². The maximum atomic E-state index is 14.2. The number of sulfonamides is 1. The van der Waals surface area contributed by atoms with E-state index in [9.17, 15) is 17.6 Å². The van der Waals surface area contributed by atoms with E-state index in [4.69, 9.17) is 14.0 Å². The second kappa shape index (κ2) is 14.1. The summed E-state index contributed by atoms with van der Waals surface area (Å²) in [6.45, 7) is 5.26. The number of carbonyl (C=O) groups excluding carboxylic acids is 1. The van der Waals surface area contributed by atoms with E-state index in [1.807, 2.05) is 22.9 Å². The summed E-state index contributed by atoms with van der Waals surface area (Å²) in [6.07, 6.45) is 4.93. The summed E-state index contributed by atoms with van der Waals surface area (Å²) < 4.78 is 61.8. The van der Waals surface area contributed by atoms with Gasteiger partial charge in [0.05, 0.1) is 35.3 Å². The van der Waals surface area contributed by atoms with E-state index in [1.54, 1.807) is 44.2 Å².